The summed E-state index contributed by atoms with van der Waals surface area (Å²) >= 11 is 0. The lowest BCUT2D eigenvalue weighted by Crippen LogP contribution is -2.05. The van der Waals surface area contributed by atoms with E-state index >= 15 is 0 Å². The van der Waals surface area contributed by atoms with Crippen LogP contribution < -0.4 is 11.1 Å². The molecular formula is C20H21N5O2. The Bertz CT molecular complexity index is 1060. The molecule has 27 heavy (non-hydrogen) atoms. The topological polar surface area (TPSA) is 95.1 Å². The highest BCUT2D eigenvalue weighted by Crippen LogP contribution is 2.23. The molecule has 138 valence electrons. The second-order valence-electron chi connectivity index (χ2n) is 6.15. The molecule has 1 aromatic carbocycles. The monoisotopic (exact) mass is 363 g/mol. The summed E-state index contributed by atoms with van der Waals surface area (Å²) in [6.45, 7) is 4.64. The standard InChI is InChI=1S/C20H21N5O2/c1-13-4-7-17(24-14(2)26)10-15(13)5-6-16-11-25(8-9-27-3)20-18(16)19(21)22-12-23-20/h4,7,10-12H,8-9H2,1-3H3,(H,24,26)(H2,21,22,23). The summed E-state index contributed by atoms with van der Waals surface area (Å²) in [6.07, 6.45) is 3.36. The van der Waals surface area contributed by atoms with Gasteiger partial charge in [-0.2, -0.15) is 0 Å². The number of rotatable bonds is 4. The zero-order valence-electron chi connectivity index (χ0n) is 15.5. The Labute approximate surface area is 157 Å². The smallest absolute Gasteiger partial charge is 0.221 e. The first-order chi connectivity index (χ1) is 13.0. The van der Waals surface area contributed by atoms with Gasteiger partial charge < -0.3 is 20.4 Å². The summed E-state index contributed by atoms with van der Waals surface area (Å²) in [6, 6.07) is 5.63. The van der Waals surface area contributed by atoms with Gasteiger partial charge in [0.2, 0.25) is 5.91 Å². The first-order valence-corrected chi connectivity index (χ1v) is 8.48. The van der Waals surface area contributed by atoms with Crippen LogP contribution in [0.1, 0.15) is 23.6 Å². The Kier molecular flexibility index (Phi) is 5.38. The van der Waals surface area contributed by atoms with Gasteiger partial charge in [-0.1, -0.05) is 17.9 Å². The van der Waals surface area contributed by atoms with Crippen LogP contribution in [-0.4, -0.2) is 34.2 Å². The highest BCUT2D eigenvalue weighted by Gasteiger charge is 2.12. The molecule has 3 rings (SSSR count). The maximum Gasteiger partial charge on any atom is 0.221 e. The summed E-state index contributed by atoms with van der Waals surface area (Å²) in [7, 11) is 1.65. The van der Waals surface area contributed by atoms with Crippen LogP contribution in [0.3, 0.4) is 0 Å². The summed E-state index contributed by atoms with van der Waals surface area (Å²) in [5.74, 6) is 6.62. The van der Waals surface area contributed by atoms with Crippen LogP contribution in [0.2, 0.25) is 0 Å². The molecule has 0 aliphatic rings. The number of ether oxygens (including phenoxy) is 1. The largest absolute Gasteiger partial charge is 0.383 e. The number of carbonyl (C=O) groups is 1. The van der Waals surface area contributed by atoms with Crippen molar-refractivity contribution >= 4 is 28.4 Å². The number of fused-ring (bicyclic) bond motifs is 1. The summed E-state index contributed by atoms with van der Waals surface area (Å²) in [5, 5.41) is 3.51. The van der Waals surface area contributed by atoms with E-state index in [2.05, 4.69) is 27.1 Å². The van der Waals surface area contributed by atoms with E-state index in [4.69, 9.17) is 10.5 Å². The number of nitrogens with zero attached hydrogens (tertiary/aromatic N) is 3. The molecule has 1 amide bonds. The second-order valence-corrected chi connectivity index (χ2v) is 6.15. The highest BCUT2D eigenvalue weighted by atomic mass is 16.5. The first kappa shape index (κ1) is 18.4. The molecule has 0 radical (unpaired) electrons. The zero-order chi connectivity index (χ0) is 19.4. The van der Waals surface area contributed by atoms with Crippen molar-refractivity contribution in [2.24, 2.45) is 0 Å². The molecular weight excluding hydrogens is 342 g/mol. The molecule has 0 saturated heterocycles. The molecule has 2 aromatic heterocycles. The number of hydrogen-bond acceptors (Lipinski definition) is 5. The average Bonchev–Trinajstić information content (AvgIpc) is 2.99. The Morgan fingerprint density at radius 1 is 1.30 bits per heavy atom. The van der Waals surface area contributed by atoms with Gasteiger partial charge in [0, 0.05) is 38.0 Å². The molecule has 0 aliphatic carbocycles. The molecule has 3 aromatic rings. The molecule has 0 bridgehead atoms. The number of nitrogens with two attached hydrogens (primary N) is 1. The molecule has 0 saturated carbocycles. The van der Waals surface area contributed by atoms with Crippen LogP contribution in [0, 0.1) is 18.8 Å². The second kappa shape index (κ2) is 7.89. The van der Waals surface area contributed by atoms with E-state index in [0.29, 0.717) is 24.7 Å². The number of hydrogen-bond donors (Lipinski definition) is 2. The summed E-state index contributed by atoms with van der Waals surface area (Å²) in [5.41, 5.74) is 10.1. The van der Waals surface area contributed by atoms with Crippen LogP contribution >= 0.6 is 0 Å². The number of methoxy groups -OCH3 is 1. The molecule has 2 heterocycles. The fourth-order valence-electron chi connectivity index (χ4n) is 2.77. The zero-order valence-corrected chi connectivity index (χ0v) is 15.5. The molecule has 7 heteroatoms. The van der Waals surface area contributed by atoms with Gasteiger partial charge in [0.1, 0.15) is 17.8 Å². The molecule has 0 spiro atoms. The van der Waals surface area contributed by atoms with E-state index in [1.165, 1.54) is 13.3 Å². The van der Waals surface area contributed by atoms with E-state index in [9.17, 15) is 4.79 Å². The Balaban J connectivity index is 2.04. The van der Waals surface area contributed by atoms with Gasteiger partial charge in [-0.05, 0) is 24.6 Å². The Hall–Kier alpha value is -3.37. The number of anilines is 2. The van der Waals surface area contributed by atoms with Gasteiger partial charge in [0.15, 0.2) is 0 Å². The molecule has 0 unspecified atom stereocenters. The molecule has 0 fully saturated rings. The van der Waals surface area contributed by atoms with Crippen molar-refractivity contribution in [2.75, 3.05) is 24.8 Å². The lowest BCUT2D eigenvalue weighted by atomic mass is 10.1. The van der Waals surface area contributed by atoms with Crippen molar-refractivity contribution in [1.29, 1.82) is 0 Å². The molecule has 0 atom stereocenters. The fourth-order valence-corrected chi connectivity index (χ4v) is 2.77. The highest BCUT2D eigenvalue weighted by molar-refractivity contribution is 5.92. The third-order valence-corrected chi connectivity index (χ3v) is 4.11. The van der Waals surface area contributed by atoms with Gasteiger partial charge in [0.25, 0.3) is 0 Å². The molecule has 3 N–H and O–H groups in total. The lowest BCUT2D eigenvalue weighted by Gasteiger charge is -2.04. The van der Waals surface area contributed by atoms with Gasteiger partial charge in [0.05, 0.1) is 17.6 Å². The van der Waals surface area contributed by atoms with E-state index in [1.54, 1.807) is 7.11 Å². The van der Waals surface area contributed by atoms with E-state index < -0.39 is 0 Å². The van der Waals surface area contributed by atoms with Crippen LogP contribution in [0.4, 0.5) is 11.5 Å². The van der Waals surface area contributed by atoms with Crippen LogP contribution in [0.25, 0.3) is 11.0 Å². The predicted molar refractivity (Wildman–Crippen MR) is 105 cm³/mol. The number of carbonyl (C=O) groups excluding carboxylic acids is 1. The predicted octanol–water partition coefficient (Wildman–Crippen LogP) is 2.33. The number of aryl methyl sites for hydroxylation is 1. The Morgan fingerprint density at radius 3 is 2.81 bits per heavy atom. The summed E-state index contributed by atoms with van der Waals surface area (Å²) in [4.78, 5) is 19.7. The van der Waals surface area contributed by atoms with Crippen molar-refractivity contribution in [3.8, 4) is 11.8 Å². The van der Waals surface area contributed by atoms with Crippen molar-refractivity contribution in [3.63, 3.8) is 0 Å². The van der Waals surface area contributed by atoms with Crippen LogP contribution in [-0.2, 0) is 16.1 Å². The molecule has 7 nitrogen and oxygen atoms in total. The minimum atomic E-state index is -0.121. The van der Waals surface area contributed by atoms with Gasteiger partial charge >= 0.3 is 0 Å². The van der Waals surface area contributed by atoms with Gasteiger partial charge in [-0.3, -0.25) is 4.79 Å². The van der Waals surface area contributed by atoms with Crippen molar-refractivity contribution in [1.82, 2.24) is 14.5 Å². The quantitative estimate of drug-likeness (QED) is 0.694. The number of benzene rings is 1. The van der Waals surface area contributed by atoms with Crippen LogP contribution in [0.15, 0.2) is 30.7 Å². The van der Waals surface area contributed by atoms with Gasteiger partial charge in [-0.25, -0.2) is 9.97 Å². The third-order valence-electron chi connectivity index (χ3n) is 4.11. The summed E-state index contributed by atoms with van der Waals surface area (Å²) < 4.78 is 7.12. The normalized spacial score (nSPS) is 10.5. The average molecular weight is 363 g/mol. The van der Waals surface area contributed by atoms with Crippen molar-refractivity contribution in [3.05, 3.63) is 47.4 Å². The fraction of sp³-hybridized carbons (Fsp3) is 0.250. The van der Waals surface area contributed by atoms with E-state index in [-0.39, 0.29) is 5.91 Å². The number of amides is 1. The van der Waals surface area contributed by atoms with Gasteiger partial charge in [-0.15, -0.1) is 0 Å². The minimum Gasteiger partial charge on any atom is -0.383 e. The number of nitrogens with one attached hydrogen (secondary N) is 1. The molecule has 0 aliphatic heterocycles. The van der Waals surface area contributed by atoms with Crippen LogP contribution in [0.5, 0.6) is 0 Å². The Morgan fingerprint density at radius 2 is 2.07 bits per heavy atom. The number of aromatic nitrogens is 3. The van der Waals surface area contributed by atoms with Crippen molar-refractivity contribution in [2.45, 2.75) is 20.4 Å². The van der Waals surface area contributed by atoms with E-state index in [0.717, 1.165) is 27.7 Å². The van der Waals surface area contributed by atoms with E-state index in [1.807, 2.05) is 35.9 Å². The lowest BCUT2D eigenvalue weighted by molar-refractivity contribution is -0.114. The third kappa shape index (κ3) is 4.07. The van der Waals surface area contributed by atoms with Crippen molar-refractivity contribution < 1.29 is 9.53 Å². The first-order valence-electron chi connectivity index (χ1n) is 8.48. The SMILES string of the molecule is COCCn1cc(C#Cc2cc(NC(C)=O)ccc2C)c2c(N)ncnc21. The maximum atomic E-state index is 11.3. The number of nitrogen functional groups attached to an aromatic ring is 1. The minimum absolute atomic E-state index is 0.121. The maximum absolute atomic E-state index is 11.3.